The van der Waals surface area contributed by atoms with E-state index in [0.717, 1.165) is 25.0 Å². The Labute approximate surface area is 176 Å². The van der Waals surface area contributed by atoms with Crippen LogP contribution in [0.5, 0.6) is 11.5 Å². The van der Waals surface area contributed by atoms with E-state index in [1.807, 2.05) is 31.2 Å². The molecule has 1 saturated heterocycles. The van der Waals surface area contributed by atoms with Crippen LogP contribution in [0, 0.1) is 12.8 Å². The number of aryl methyl sites for hydroxylation is 1. The Balaban J connectivity index is 1.80. The third-order valence-corrected chi connectivity index (χ3v) is 5.02. The van der Waals surface area contributed by atoms with Gasteiger partial charge in [-0.05, 0) is 55.5 Å². The molecule has 1 aliphatic rings. The standard InChI is InChI=1S/C23H28N2O5/c1-15-6-4-8-18(10-15)24-23(27)17-12-19(22(29-3)20(13-17)28-2)25-21(26)11-16-7-5-9-30-14-16/h4,6,8,10,12-13,16H,5,7,9,11,14H2,1-3H3,(H,24,27)(H,25,26). The number of carbonyl (C=O) groups excluding carboxylic acids is 2. The largest absolute Gasteiger partial charge is 0.493 e. The van der Waals surface area contributed by atoms with Crippen molar-refractivity contribution >= 4 is 23.2 Å². The summed E-state index contributed by atoms with van der Waals surface area (Å²) in [7, 11) is 2.99. The van der Waals surface area contributed by atoms with E-state index in [1.165, 1.54) is 14.2 Å². The zero-order chi connectivity index (χ0) is 21.5. The molecule has 3 rings (SSSR count). The highest BCUT2D eigenvalue weighted by molar-refractivity contribution is 6.06. The predicted octanol–water partition coefficient (Wildman–Crippen LogP) is 4.02. The van der Waals surface area contributed by atoms with Crippen LogP contribution in [0.2, 0.25) is 0 Å². The zero-order valence-electron chi connectivity index (χ0n) is 17.6. The lowest BCUT2D eigenvalue weighted by atomic mass is 9.98. The summed E-state index contributed by atoms with van der Waals surface area (Å²) < 4.78 is 16.3. The second kappa shape index (κ2) is 10.1. The van der Waals surface area contributed by atoms with Crippen LogP contribution in [0.3, 0.4) is 0 Å². The number of rotatable bonds is 7. The Kier molecular flexibility index (Phi) is 7.30. The quantitative estimate of drug-likeness (QED) is 0.717. The molecule has 2 aromatic rings. The molecule has 0 spiro atoms. The summed E-state index contributed by atoms with van der Waals surface area (Å²) in [6, 6.07) is 10.7. The van der Waals surface area contributed by atoms with Crippen molar-refractivity contribution in [1.29, 1.82) is 0 Å². The number of amides is 2. The fourth-order valence-electron chi connectivity index (χ4n) is 3.55. The number of anilines is 2. The first-order chi connectivity index (χ1) is 14.5. The lowest BCUT2D eigenvalue weighted by molar-refractivity contribution is -0.118. The Bertz CT molecular complexity index is 906. The minimum Gasteiger partial charge on any atom is -0.493 e. The average molecular weight is 412 g/mol. The topological polar surface area (TPSA) is 85.9 Å². The molecule has 1 heterocycles. The maximum Gasteiger partial charge on any atom is 0.255 e. The molecular formula is C23H28N2O5. The van der Waals surface area contributed by atoms with Gasteiger partial charge in [-0.25, -0.2) is 0 Å². The predicted molar refractivity (Wildman–Crippen MR) is 115 cm³/mol. The van der Waals surface area contributed by atoms with Gasteiger partial charge in [0.25, 0.3) is 5.91 Å². The number of benzene rings is 2. The van der Waals surface area contributed by atoms with Crippen LogP contribution in [-0.4, -0.2) is 39.2 Å². The second-order valence-corrected chi connectivity index (χ2v) is 7.42. The van der Waals surface area contributed by atoms with E-state index in [0.29, 0.717) is 41.5 Å². The first-order valence-corrected chi connectivity index (χ1v) is 10.0. The molecule has 1 aliphatic heterocycles. The highest BCUT2D eigenvalue weighted by Gasteiger charge is 2.21. The van der Waals surface area contributed by atoms with Gasteiger partial charge in [-0.1, -0.05) is 12.1 Å². The van der Waals surface area contributed by atoms with E-state index < -0.39 is 0 Å². The van der Waals surface area contributed by atoms with Gasteiger partial charge < -0.3 is 24.8 Å². The third kappa shape index (κ3) is 5.51. The van der Waals surface area contributed by atoms with Crippen LogP contribution in [0.25, 0.3) is 0 Å². The molecule has 7 heteroatoms. The summed E-state index contributed by atoms with van der Waals surface area (Å²) >= 11 is 0. The van der Waals surface area contributed by atoms with E-state index in [4.69, 9.17) is 14.2 Å². The van der Waals surface area contributed by atoms with Gasteiger partial charge in [0, 0.05) is 30.9 Å². The molecule has 1 unspecified atom stereocenters. The maximum absolute atomic E-state index is 12.8. The first-order valence-electron chi connectivity index (χ1n) is 10.0. The van der Waals surface area contributed by atoms with Crippen LogP contribution in [0.4, 0.5) is 11.4 Å². The number of ether oxygens (including phenoxy) is 3. The fraction of sp³-hybridized carbons (Fsp3) is 0.391. The van der Waals surface area contributed by atoms with Gasteiger partial charge in [-0.3, -0.25) is 9.59 Å². The smallest absolute Gasteiger partial charge is 0.255 e. The van der Waals surface area contributed by atoms with Crippen molar-refractivity contribution in [3.63, 3.8) is 0 Å². The number of methoxy groups -OCH3 is 2. The maximum atomic E-state index is 12.8. The van der Waals surface area contributed by atoms with Gasteiger partial charge in [-0.2, -0.15) is 0 Å². The highest BCUT2D eigenvalue weighted by Crippen LogP contribution is 2.37. The van der Waals surface area contributed by atoms with Crippen LogP contribution >= 0.6 is 0 Å². The van der Waals surface area contributed by atoms with Crippen LogP contribution in [0.15, 0.2) is 36.4 Å². The lowest BCUT2D eigenvalue weighted by Gasteiger charge is -2.22. The molecule has 1 fully saturated rings. The molecular weight excluding hydrogens is 384 g/mol. The first kappa shape index (κ1) is 21.6. The van der Waals surface area contributed by atoms with E-state index in [2.05, 4.69) is 10.6 Å². The van der Waals surface area contributed by atoms with Crippen molar-refractivity contribution < 1.29 is 23.8 Å². The molecule has 1 atom stereocenters. The SMILES string of the molecule is COc1cc(C(=O)Nc2cccc(C)c2)cc(NC(=O)CC2CCCOC2)c1OC. The van der Waals surface area contributed by atoms with Gasteiger partial charge in [0.1, 0.15) is 0 Å². The van der Waals surface area contributed by atoms with Crippen molar-refractivity contribution in [2.75, 3.05) is 38.1 Å². The van der Waals surface area contributed by atoms with E-state index in [-0.39, 0.29) is 17.7 Å². The summed E-state index contributed by atoms with van der Waals surface area (Å²) in [5.74, 6) is 0.475. The molecule has 0 bridgehead atoms. The fourth-order valence-corrected chi connectivity index (χ4v) is 3.55. The summed E-state index contributed by atoms with van der Waals surface area (Å²) in [6.07, 6.45) is 2.28. The highest BCUT2D eigenvalue weighted by atomic mass is 16.5. The summed E-state index contributed by atoms with van der Waals surface area (Å²) in [4.78, 5) is 25.4. The lowest BCUT2D eigenvalue weighted by Crippen LogP contribution is -2.24. The molecule has 160 valence electrons. The number of nitrogens with one attached hydrogen (secondary N) is 2. The summed E-state index contributed by atoms with van der Waals surface area (Å²) in [6.45, 7) is 3.30. The molecule has 30 heavy (non-hydrogen) atoms. The van der Waals surface area contributed by atoms with E-state index >= 15 is 0 Å². The molecule has 0 saturated carbocycles. The second-order valence-electron chi connectivity index (χ2n) is 7.42. The molecule has 2 N–H and O–H groups in total. The van der Waals surface area contributed by atoms with Gasteiger partial charge in [0.2, 0.25) is 5.91 Å². The number of hydrogen-bond acceptors (Lipinski definition) is 5. The third-order valence-electron chi connectivity index (χ3n) is 5.02. The monoisotopic (exact) mass is 412 g/mol. The van der Waals surface area contributed by atoms with Gasteiger partial charge >= 0.3 is 0 Å². The van der Waals surface area contributed by atoms with Crippen LogP contribution in [-0.2, 0) is 9.53 Å². The number of carbonyl (C=O) groups is 2. The van der Waals surface area contributed by atoms with Gasteiger partial charge in [-0.15, -0.1) is 0 Å². The normalized spacial score (nSPS) is 15.9. The van der Waals surface area contributed by atoms with Gasteiger partial charge in [0.05, 0.1) is 19.9 Å². The van der Waals surface area contributed by atoms with Crippen molar-refractivity contribution in [3.05, 3.63) is 47.5 Å². The molecule has 0 radical (unpaired) electrons. The van der Waals surface area contributed by atoms with Crippen molar-refractivity contribution in [2.45, 2.75) is 26.2 Å². The van der Waals surface area contributed by atoms with E-state index in [9.17, 15) is 9.59 Å². The van der Waals surface area contributed by atoms with Crippen molar-refractivity contribution in [1.82, 2.24) is 0 Å². The zero-order valence-corrected chi connectivity index (χ0v) is 17.6. The van der Waals surface area contributed by atoms with Crippen LogP contribution in [0.1, 0.15) is 35.2 Å². The van der Waals surface area contributed by atoms with Crippen LogP contribution < -0.4 is 20.1 Å². The Morgan fingerprint density at radius 2 is 1.97 bits per heavy atom. The minimum atomic E-state index is -0.308. The van der Waals surface area contributed by atoms with Crippen molar-refractivity contribution in [2.24, 2.45) is 5.92 Å². The van der Waals surface area contributed by atoms with Crippen molar-refractivity contribution in [3.8, 4) is 11.5 Å². The average Bonchev–Trinajstić information content (AvgIpc) is 2.73. The number of hydrogen-bond donors (Lipinski definition) is 2. The Morgan fingerprint density at radius 1 is 1.13 bits per heavy atom. The minimum absolute atomic E-state index is 0.151. The Morgan fingerprint density at radius 3 is 2.63 bits per heavy atom. The molecule has 0 aromatic heterocycles. The summed E-state index contributed by atoms with van der Waals surface area (Å²) in [5.41, 5.74) is 2.48. The van der Waals surface area contributed by atoms with E-state index in [1.54, 1.807) is 12.1 Å². The molecule has 2 aromatic carbocycles. The Hall–Kier alpha value is -3.06. The summed E-state index contributed by atoms with van der Waals surface area (Å²) in [5, 5.41) is 5.74. The molecule has 0 aliphatic carbocycles. The molecule has 2 amide bonds. The van der Waals surface area contributed by atoms with Gasteiger partial charge in [0.15, 0.2) is 11.5 Å². The molecule has 7 nitrogen and oxygen atoms in total.